The number of hydrogen-bond acceptors (Lipinski definition) is 6. The number of carbonyl (C=O) groups is 2. The van der Waals surface area contributed by atoms with Crippen molar-refractivity contribution in [2.24, 2.45) is 0 Å². The molecule has 180 valence electrons. The molecule has 9 heteroatoms. The minimum atomic E-state index is -0.178. The Labute approximate surface area is 198 Å². The maximum atomic E-state index is 11.9. The van der Waals surface area contributed by atoms with Crippen molar-refractivity contribution in [2.45, 2.75) is 39.3 Å². The molecule has 8 nitrogen and oxygen atoms in total. The summed E-state index contributed by atoms with van der Waals surface area (Å²) in [6, 6.07) is 13.4. The van der Waals surface area contributed by atoms with E-state index < -0.39 is 0 Å². The molecule has 34 heavy (non-hydrogen) atoms. The Morgan fingerprint density at radius 1 is 1.15 bits per heavy atom. The molecule has 0 saturated carbocycles. The molecule has 0 fully saturated rings. The summed E-state index contributed by atoms with van der Waals surface area (Å²) in [5.41, 5.74) is 1.60. The van der Waals surface area contributed by atoms with E-state index in [0.29, 0.717) is 49.9 Å². The second-order valence-corrected chi connectivity index (χ2v) is 7.64. The maximum absolute atomic E-state index is 11.9. The molecule has 0 radical (unpaired) electrons. The molecule has 3 aromatic rings. The monoisotopic (exact) mass is 468 g/mol. The second-order valence-electron chi connectivity index (χ2n) is 7.64. The zero-order valence-electron chi connectivity index (χ0n) is 19.4. The Kier molecular flexibility index (Phi) is 9.28. The average Bonchev–Trinajstić information content (AvgIpc) is 3.24. The van der Waals surface area contributed by atoms with Crippen LogP contribution in [0.15, 0.2) is 54.7 Å². The number of aromatic nitrogens is 3. The Bertz CT molecular complexity index is 1060. The van der Waals surface area contributed by atoms with Gasteiger partial charge in [0.15, 0.2) is 17.4 Å². The molecule has 0 spiro atoms. The van der Waals surface area contributed by atoms with E-state index in [0.717, 1.165) is 18.7 Å². The van der Waals surface area contributed by atoms with Gasteiger partial charge in [0.25, 0.3) is 0 Å². The van der Waals surface area contributed by atoms with Gasteiger partial charge in [-0.25, -0.2) is 9.37 Å². The third kappa shape index (κ3) is 6.95. The number of nitrogens with zero attached hydrogens (tertiary/aromatic N) is 4. The van der Waals surface area contributed by atoms with Crippen LogP contribution in [0.25, 0.3) is 0 Å². The van der Waals surface area contributed by atoms with Gasteiger partial charge in [0, 0.05) is 19.7 Å². The molecule has 1 aromatic carbocycles. The minimum absolute atomic E-state index is 0.0393. The van der Waals surface area contributed by atoms with Crippen LogP contribution < -0.4 is 9.64 Å². The molecule has 0 saturated heterocycles. The van der Waals surface area contributed by atoms with Gasteiger partial charge in [-0.1, -0.05) is 25.1 Å². The van der Waals surface area contributed by atoms with Crippen LogP contribution in [-0.4, -0.2) is 46.7 Å². The summed E-state index contributed by atoms with van der Waals surface area (Å²) >= 11 is 0. The van der Waals surface area contributed by atoms with Gasteiger partial charge >= 0.3 is 0 Å². The van der Waals surface area contributed by atoms with Crippen LogP contribution in [0.5, 0.6) is 5.75 Å². The van der Waals surface area contributed by atoms with E-state index >= 15 is 0 Å². The number of anilines is 1. The fourth-order valence-corrected chi connectivity index (χ4v) is 3.28. The van der Waals surface area contributed by atoms with Crippen molar-refractivity contribution in [1.82, 2.24) is 14.8 Å². The van der Waals surface area contributed by atoms with Crippen molar-refractivity contribution in [3.05, 3.63) is 71.9 Å². The molecule has 4 heterocycles. The number of hydrogen-bond donors (Lipinski definition) is 0. The maximum Gasteiger partial charge on any atom is 0.231 e. The predicted octanol–water partition coefficient (Wildman–Crippen LogP) is 4.05. The molecular formula is C25H29FN4O4. The van der Waals surface area contributed by atoms with Crippen molar-refractivity contribution < 1.29 is 23.5 Å². The lowest BCUT2D eigenvalue weighted by atomic mass is 10.2. The number of rotatable bonds is 3. The number of amides is 1. The van der Waals surface area contributed by atoms with Crippen LogP contribution in [0.4, 0.5) is 10.2 Å². The number of ketones is 1. The Morgan fingerprint density at radius 3 is 2.62 bits per heavy atom. The van der Waals surface area contributed by atoms with Crippen molar-refractivity contribution in [3.63, 3.8) is 0 Å². The summed E-state index contributed by atoms with van der Waals surface area (Å²) in [6.45, 7) is 4.45. The lowest BCUT2D eigenvalue weighted by molar-refractivity contribution is -0.118. The van der Waals surface area contributed by atoms with Gasteiger partial charge in [-0.2, -0.15) is 5.10 Å². The number of ether oxygens (including phenoxy) is 2. The van der Waals surface area contributed by atoms with E-state index in [-0.39, 0.29) is 17.5 Å². The lowest BCUT2D eigenvalue weighted by Gasteiger charge is -2.13. The first-order chi connectivity index (χ1) is 16.5. The van der Waals surface area contributed by atoms with Gasteiger partial charge in [-0.15, -0.1) is 0 Å². The summed E-state index contributed by atoms with van der Waals surface area (Å²) in [5.74, 6) is 1.27. The summed E-state index contributed by atoms with van der Waals surface area (Å²) in [5, 5.41) is 4.26. The zero-order valence-corrected chi connectivity index (χ0v) is 19.4. The summed E-state index contributed by atoms with van der Waals surface area (Å²) in [6.07, 6.45) is 3.51. The first-order valence-electron chi connectivity index (χ1n) is 11.2. The van der Waals surface area contributed by atoms with Crippen LogP contribution in [0.1, 0.15) is 42.4 Å². The normalized spacial score (nSPS) is 14.2. The first-order valence-corrected chi connectivity index (χ1v) is 11.2. The average molecular weight is 469 g/mol. The molecule has 1 amide bonds. The topological polar surface area (TPSA) is 86.6 Å². The van der Waals surface area contributed by atoms with Crippen LogP contribution in [-0.2, 0) is 22.7 Å². The smallest absolute Gasteiger partial charge is 0.231 e. The van der Waals surface area contributed by atoms with Crippen LogP contribution in [0.2, 0.25) is 0 Å². The minimum Gasteiger partial charge on any atom is -0.489 e. The first kappa shape index (κ1) is 25.0. The number of fused-ring (bicyclic) bond motifs is 2. The number of benzene rings is 1. The van der Waals surface area contributed by atoms with Crippen LogP contribution in [0.3, 0.4) is 0 Å². The highest BCUT2D eigenvalue weighted by Crippen LogP contribution is 2.26. The van der Waals surface area contributed by atoms with Gasteiger partial charge in [0.05, 0.1) is 38.5 Å². The zero-order chi connectivity index (χ0) is 24.3. The highest BCUT2D eigenvalue weighted by molar-refractivity contribution is 5.94. The van der Waals surface area contributed by atoms with Crippen molar-refractivity contribution in [1.29, 1.82) is 0 Å². The fraction of sp³-hybridized carbons (Fsp3) is 0.360. The van der Waals surface area contributed by atoms with E-state index in [4.69, 9.17) is 9.47 Å². The molecule has 0 aliphatic carbocycles. The van der Waals surface area contributed by atoms with E-state index in [2.05, 4.69) is 10.1 Å². The van der Waals surface area contributed by atoms with Crippen LogP contribution in [0, 0.1) is 5.82 Å². The predicted molar refractivity (Wildman–Crippen MR) is 125 cm³/mol. The van der Waals surface area contributed by atoms with Gasteiger partial charge in [0.1, 0.15) is 11.5 Å². The number of halogens is 1. The number of pyridine rings is 1. The molecule has 2 aromatic heterocycles. The van der Waals surface area contributed by atoms with Gasteiger partial charge in [-0.05, 0) is 36.8 Å². The third-order valence-electron chi connectivity index (χ3n) is 5.07. The fourth-order valence-electron chi connectivity index (χ4n) is 3.28. The summed E-state index contributed by atoms with van der Waals surface area (Å²) in [4.78, 5) is 28.5. The molecular weight excluding hydrogens is 439 g/mol. The molecule has 0 unspecified atom stereocenters. The van der Waals surface area contributed by atoms with Crippen molar-refractivity contribution >= 4 is 17.5 Å². The Hall–Kier alpha value is -3.59. The van der Waals surface area contributed by atoms with Gasteiger partial charge in [-0.3, -0.25) is 19.2 Å². The second kappa shape index (κ2) is 12.6. The van der Waals surface area contributed by atoms with Crippen molar-refractivity contribution in [3.8, 4) is 5.75 Å². The van der Waals surface area contributed by atoms with Gasteiger partial charge in [0.2, 0.25) is 5.91 Å². The molecule has 0 atom stereocenters. The quantitative estimate of drug-likeness (QED) is 0.539. The van der Waals surface area contributed by atoms with E-state index in [1.807, 2.05) is 23.7 Å². The van der Waals surface area contributed by atoms with E-state index in [9.17, 15) is 14.0 Å². The third-order valence-corrected chi connectivity index (χ3v) is 5.07. The Morgan fingerprint density at radius 2 is 1.94 bits per heavy atom. The van der Waals surface area contributed by atoms with E-state index in [1.54, 1.807) is 37.5 Å². The number of carbonyl (C=O) groups excluding carboxylic acids is 2. The largest absolute Gasteiger partial charge is 0.489 e. The summed E-state index contributed by atoms with van der Waals surface area (Å²) in [7, 11) is 1.71. The van der Waals surface area contributed by atoms with Crippen molar-refractivity contribution in [2.75, 3.05) is 25.2 Å². The van der Waals surface area contributed by atoms with Crippen LogP contribution >= 0.6 is 0 Å². The highest BCUT2D eigenvalue weighted by Gasteiger charge is 2.20. The standard InChI is InChI=1S/C10H14N2O2.C9H10N2O2.C6H5F/c1-2-3-10(13)9-6-8-7-14-5-4-12(8)11-9;1-11-8(12)4-6-13-7-3-2-5-10-9(7)11;7-6-4-2-1-3-5-6/h6H,2-5,7H2,1H3;2-3,5H,4,6H2,1H3;1-5H. The van der Waals surface area contributed by atoms with E-state index in [1.165, 1.54) is 17.0 Å². The molecule has 0 N–H and O–H groups in total. The summed E-state index contributed by atoms with van der Waals surface area (Å²) < 4.78 is 24.4. The highest BCUT2D eigenvalue weighted by atomic mass is 19.1. The Balaban J connectivity index is 0.000000151. The molecule has 5 rings (SSSR count). The SMILES string of the molecule is CCCC(=O)c1cc2n(n1)CCOC2.CN1C(=O)CCOc2cccnc21.Fc1ccccc1. The molecule has 0 bridgehead atoms. The molecule has 2 aliphatic rings. The lowest BCUT2D eigenvalue weighted by Crippen LogP contribution is -2.25. The van der Waals surface area contributed by atoms with Gasteiger partial charge < -0.3 is 9.47 Å². The number of Topliss-reactive ketones (excluding diaryl/α,β-unsaturated/α-hetero) is 1. The molecule has 2 aliphatic heterocycles.